The van der Waals surface area contributed by atoms with Crippen molar-refractivity contribution in [1.82, 2.24) is 0 Å². The summed E-state index contributed by atoms with van der Waals surface area (Å²) in [5, 5.41) is 3.55. The smallest absolute Gasteiger partial charge is 0.147 e. The summed E-state index contributed by atoms with van der Waals surface area (Å²) in [5.74, 6) is 3.62. The summed E-state index contributed by atoms with van der Waals surface area (Å²) in [6.45, 7) is 0. The first-order chi connectivity index (χ1) is 22.3. The molecule has 2 aliphatic rings. The summed E-state index contributed by atoms with van der Waals surface area (Å²) in [6.07, 6.45) is 0. The fourth-order valence-corrected chi connectivity index (χ4v) is 9.28. The number of hydrogen-bond donors (Lipinski definition) is 0. The Morgan fingerprint density at radius 3 is 1.04 bits per heavy atom. The van der Waals surface area contributed by atoms with E-state index >= 15 is 0 Å². The third-order valence-corrected chi connectivity index (χ3v) is 11.2. The van der Waals surface area contributed by atoms with E-state index in [1.807, 2.05) is 0 Å². The van der Waals surface area contributed by atoms with Crippen molar-refractivity contribution >= 4 is 23.8 Å². The van der Waals surface area contributed by atoms with Gasteiger partial charge in [-0.15, -0.1) is 0 Å². The molecule has 7 aromatic carbocycles. The molecule has 0 aliphatic carbocycles. The SMILES string of the molecule is c1ccc(-c2cccc3c2Oc2c(-c4ccccc4)cc(-c4ccccc4)c4c2P3c2cccc(-c3ccccc3)c2O4)cc1. The van der Waals surface area contributed by atoms with Crippen LogP contribution in [0, 0.1) is 0 Å². The number of fused-ring (bicyclic) bond motifs is 4. The van der Waals surface area contributed by atoms with Crippen LogP contribution in [0.25, 0.3) is 44.5 Å². The lowest BCUT2D eigenvalue weighted by Gasteiger charge is -2.38. The average molecular weight is 595 g/mol. The average Bonchev–Trinajstić information content (AvgIpc) is 3.12. The zero-order chi connectivity index (χ0) is 29.7. The maximum Gasteiger partial charge on any atom is 0.147 e. The highest BCUT2D eigenvalue weighted by Crippen LogP contribution is 2.59. The molecule has 2 nitrogen and oxygen atoms in total. The van der Waals surface area contributed by atoms with Crippen LogP contribution in [-0.4, -0.2) is 0 Å². The first-order valence-corrected chi connectivity index (χ1v) is 16.5. The summed E-state index contributed by atoms with van der Waals surface area (Å²) in [5.41, 5.74) is 8.85. The summed E-state index contributed by atoms with van der Waals surface area (Å²) >= 11 is 0. The molecule has 2 aliphatic heterocycles. The van der Waals surface area contributed by atoms with Crippen LogP contribution in [0.1, 0.15) is 0 Å². The van der Waals surface area contributed by atoms with Crippen molar-refractivity contribution in [3.63, 3.8) is 0 Å². The summed E-state index contributed by atoms with van der Waals surface area (Å²) < 4.78 is 14.3. The minimum Gasteiger partial charge on any atom is -0.455 e. The maximum atomic E-state index is 7.15. The van der Waals surface area contributed by atoms with Gasteiger partial charge in [0.25, 0.3) is 0 Å². The molecule has 0 bridgehead atoms. The molecular weight excluding hydrogens is 567 g/mol. The molecule has 3 heteroatoms. The van der Waals surface area contributed by atoms with Crippen molar-refractivity contribution in [2.45, 2.75) is 0 Å². The zero-order valence-corrected chi connectivity index (χ0v) is 25.2. The van der Waals surface area contributed by atoms with E-state index in [1.54, 1.807) is 0 Å². The predicted molar refractivity (Wildman–Crippen MR) is 187 cm³/mol. The molecule has 0 saturated carbocycles. The highest BCUT2D eigenvalue weighted by Gasteiger charge is 2.41. The highest BCUT2D eigenvalue weighted by molar-refractivity contribution is 7.80. The van der Waals surface area contributed by atoms with E-state index in [9.17, 15) is 0 Å². The van der Waals surface area contributed by atoms with Gasteiger partial charge in [0.05, 0.1) is 5.30 Å². The molecule has 212 valence electrons. The van der Waals surface area contributed by atoms with Crippen LogP contribution < -0.4 is 25.4 Å². The van der Waals surface area contributed by atoms with E-state index < -0.39 is 7.92 Å². The molecule has 2 heterocycles. The molecule has 0 radical (unpaired) electrons. The van der Waals surface area contributed by atoms with Crippen molar-refractivity contribution in [2.24, 2.45) is 0 Å². The van der Waals surface area contributed by atoms with Gasteiger partial charge in [0.2, 0.25) is 0 Å². The van der Waals surface area contributed by atoms with Crippen molar-refractivity contribution < 1.29 is 9.47 Å². The molecule has 0 spiro atoms. The quantitative estimate of drug-likeness (QED) is 0.189. The fourth-order valence-electron chi connectivity index (χ4n) is 6.59. The van der Waals surface area contributed by atoms with E-state index in [0.717, 1.165) is 72.8 Å². The van der Waals surface area contributed by atoms with Crippen molar-refractivity contribution in [3.05, 3.63) is 164 Å². The van der Waals surface area contributed by atoms with Crippen molar-refractivity contribution in [2.75, 3.05) is 0 Å². The monoisotopic (exact) mass is 594 g/mol. The molecule has 0 aromatic heterocycles. The standard InChI is InChI=1S/C42H27O2P/c1-5-15-28(16-6-1)32-23-13-25-36-38(32)43-40-34(30-19-9-3-10-20-30)27-35(31-21-11-4-12-22-31)41-42(40)45(36)37-26-14-24-33(39(37)44-41)29-17-7-2-8-18-29/h1-27H. The Bertz CT molecular complexity index is 2040. The molecule has 0 N–H and O–H groups in total. The molecule has 0 saturated heterocycles. The van der Waals surface area contributed by atoms with Gasteiger partial charge in [0.15, 0.2) is 0 Å². The third kappa shape index (κ3) is 4.22. The van der Waals surface area contributed by atoms with E-state index in [1.165, 1.54) is 10.6 Å². The van der Waals surface area contributed by atoms with Crippen LogP contribution in [0.15, 0.2) is 164 Å². The highest BCUT2D eigenvalue weighted by atomic mass is 31.1. The van der Waals surface area contributed by atoms with Gasteiger partial charge in [-0.25, -0.2) is 0 Å². The number of rotatable bonds is 4. The van der Waals surface area contributed by atoms with Crippen molar-refractivity contribution in [1.29, 1.82) is 0 Å². The van der Waals surface area contributed by atoms with Gasteiger partial charge in [-0.2, -0.15) is 0 Å². The van der Waals surface area contributed by atoms with E-state index in [4.69, 9.17) is 9.47 Å². The number of ether oxygens (including phenoxy) is 2. The summed E-state index contributed by atoms with van der Waals surface area (Å²) in [6, 6.07) is 57.8. The van der Waals surface area contributed by atoms with Gasteiger partial charge in [-0.1, -0.05) is 158 Å². The van der Waals surface area contributed by atoms with Gasteiger partial charge in [0.1, 0.15) is 23.0 Å². The van der Waals surface area contributed by atoms with Gasteiger partial charge in [-0.3, -0.25) is 0 Å². The topological polar surface area (TPSA) is 18.5 Å². The lowest BCUT2D eigenvalue weighted by atomic mass is 9.96. The minimum atomic E-state index is -1.03. The number of hydrogen-bond acceptors (Lipinski definition) is 2. The third-order valence-electron chi connectivity index (χ3n) is 8.65. The van der Waals surface area contributed by atoms with E-state index in [2.05, 4.69) is 164 Å². The molecular formula is C42H27O2P. The lowest BCUT2D eigenvalue weighted by molar-refractivity contribution is 0.470. The van der Waals surface area contributed by atoms with Crippen LogP contribution in [0.5, 0.6) is 23.0 Å². The van der Waals surface area contributed by atoms with Crippen LogP contribution in [0.3, 0.4) is 0 Å². The Labute approximate surface area is 263 Å². The van der Waals surface area contributed by atoms with Crippen LogP contribution >= 0.6 is 7.92 Å². The molecule has 0 unspecified atom stereocenters. The Morgan fingerprint density at radius 2 is 0.667 bits per heavy atom. The summed E-state index contributed by atoms with van der Waals surface area (Å²) in [4.78, 5) is 0. The Balaban J connectivity index is 1.40. The lowest BCUT2D eigenvalue weighted by Crippen LogP contribution is -2.33. The van der Waals surface area contributed by atoms with Gasteiger partial charge in [-0.05, 0) is 28.3 Å². The first kappa shape index (κ1) is 26.0. The molecule has 9 rings (SSSR count). The minimum absolute atomic E-state index is 0.883. The zero-order valence-electron chi connectivity index (χ0n) is 24.4. The molecule has 0 amide bonds. The second-order valence-electron chi connectivity index (χ2n) is 11.3. The number of para-hydroxylation sites is 2. The van der Waals surface area contributed by atoms with Crippen LogP contribution in [0.4, 0.5) is 0 Å². The van der Waals surface area contributed by atoms with Gasteiger partial charge in [0, 0.05) is 40.8 Å². The van der Waals surface area contributed by atoms with Crippen LogP contribution in [0.2, 0.25) is 0 Å². The van der Waals surface area contributed by atoms with Crippen LogP contribution in [-0.2, 0) is 0 Å². The fraction of sp³-hybridized carbons (Fsp3) is 0. The van der Waals surface area contributed by atoms with Gasteiger partial charge < -0.3 is 9.47 Å². The molecule has 0 fully saturated rings. The van der Waals surface area contributed by atoms with Crippen molar-refractivity contribution in [3.8, 4) is 67.5 Å². The van der Waals surface area contributed by atoms with Gasteiger partial charge >= 0.3 is 0 Å². The Morgan fingerprint density at radius 1 is 0.311 bits per heavy atom. The second kappa shape index (κ2) is 10.6. The van der Waals surface area contributed by atoms with E-state index in [0.29, 0.717) is 0 Å². The number of benzene rings is 7. The molecule has 7 aromatic rings. The maximum absolute atomic E-state index is 7.15. The predicted octanol–water partition coefficient (Wildman–Crippen LogP) is 10.3. The first-order valence-electron chi connectivity index (χ1n) is 15.2. The summed E-state index contributed by atoms with van der Waals surface area (Å²) in [7, 11) is -1.03. The molecule has 45 heavy (non-hydrogen) atoms. The van der Waals surface area contributed by atoms with E-state index in [-0.39, 0.29) is 0 Å². The largest absolute Gasteiger partial charge is 0.455 e. The normalized spacial score (nSPS) is 12.7. The Kier molecular flexibility index (Phi) is 6.14. The second-order valence-corrected chi connectivity index (χ2v) is 13.4. The molecule has 0 atom stereocenters. The Hall–Kier alpha value is -5.43.